The van der Waals surface area contributed by atoms with Crippen LogP contribution in [-0.4, -0.2) is 62.5 Å². The Morgan fingerprint density at radius 2 is 2.06 bits per heavy atom. The molecule has 1 aromatic carbocycles. The van der Waals surface area contributed by atoms with E-state index in [9.17, 15) is 24.3 Å². The number of carbonyl (C=O) groups excluding carboxylic acids is 3. The SMILES string of the molecule is CC(=O)OCC1=C(C(=O)O)N2C(=O)C(NC(=O)/C(=C/c3ccccc3)c3csc(N)n3)[C@H]2SC1. The van der Waals surface area contributed by atoms with E-state index in [1.54, 1.807) is 11.5 Å². The Balaban J connectivity index is 1.56. The van der Waals surface area contributed by atoms with Crippen LogP contribution in [0.2, 0.25) is 0 Å². The van der Waals surface area contributed by atoms with Gasteiger partial charge in [-0.25, -0.2) is 9.78 Å². The molecule has 2 aliphatic heterocycles. The monoisotopic (exact) mass is 500 g/mol. The number of fused-ring (bicyclic) bond motifs is 1. The van der Waals surface area contributed by atoms with E-state index in [1.165, 1.54) is 30.0 Å². The molecule has 2 atom stereocenters. The van der Waals surface area contributed by atoms with Crippen molar-refractivity contribution in [2.45, 2.75) is 18.3 Å². The van der Waals surface area contributed by atoms with E-state index in [0.717, 1.165) is 10.5 Å². The highest BCUT2D eigenvalue weighted by molar-refractivity contribution is 8.00. The Bertz CT molecular complexity index is 1220. The van der Waals surface area contributed by atoms with Crippen LogP contribution in [0, 0.1) is 0 Å². The Morgan fingerprint density at radius 3 is 2.68 bits per heavy atom. The van der Waals surface area contributed by atoms with Gasteiger partial charge in [0.15, 0.2) is 5.13 Å². The fraction of sp³-hybridized carbons (Fsp3) is 0.227. The van der Waals surface area contributed by atoms with Crippen LogP contribution in [0.1, 0.15) is 18.2 Å². The Labute approximate surface area is 202 Å². The van der Waals surface area contributed by atoms with E-state index in [-0.39, 0.29) is 23.6 Å². The van der Waals surface area contributed by atoms with Crippen molar-refractivity contribution in [3.05, 3.63) is 58.2 Å². The molecule has 0 saturated carbocycles. The number of carbonyl (C=O) groups is 4. The summed E-state index contributed by atoms with van der Waals surface area (Å²) < 4.78 is 4.93. The number of esters is 1. The number of β-lactam (4-membered cyclic amide) rings is 1. The van der Waals surface area contributed by atoms with Gasteiger partial charge >= 0.3 is 11.9 Å². The summed E-state index contributed by atoms with van der Waals surface area (Å²) in [6.07, 6.45) is 1.65. The summed E-state index contributed by atoms with van der Waals surface area (Å²) in [5.41, 5.74) is 7.23. The van der Waals surface area contributed by atoms with Gasteiger partial charge in [-0.05, 0) is 11.6 Å². The van der Waals surface area contributed by atoms with Gasteiger partial charge < -0.3 is 20.9 Å². The van der Waals surface area contributed by atoms with Crippen molar-refractivity contribution < 1.29 is 29.0 Å². The number of nitrogens with one attached hydrogen (secondary N) is 1. The lowest BCUT2D eigenvalue weighted by molar-refractivity contribution is -0.150. The minimum Gasteiger partial charge on any atom is -0.477 e. The number of amides is 2. The van der Waals surface area contributed by atoms with Crippen LogP contribution in [-0.2, 0) is 23.9 Å². The standard InChI is InChI=1S/C22H20N4O6S2/c1-11(27)32-8-13-9-33-20-16(19(29)26(20)17(13)21(30)31)25-18(28)14(15-10-34-22(23)24-15)7-12-5-3-2-4-6-12/h2-7,10,16,20H,8-9H2,1H3,(H2,23,24)(H,25,28)(H,30,31)/b14-7+/t16?,20-/m1/s1. The number of carboxylic acid groups (broad SMARTS) is 1. The predicted molar refractivity (Wildman–Crippen MR) is 127 cm³/mol. The number of thiazole rings is 1. The maximum atomic E-state index is 13.2. The molecule has 1 saturated heterocycles. The van der Waals surface area contributed by atoms with Crippen molar-refractivity contribution in [1.82, 2.24) is 15.2 Å². The number of anilines is 1. The molecule has 0 spiro atoms. The summed E-state index contributed by atoms with van der Waals surface area (Å²) in [6, 6.07) is 8.24. The van der Waals surface area contributed by atoms with Gasteiger partial charge in [0, 0.05) is 23.6 Å². The van der Waals surface area contributed by atoms with E-state index in [1.807, 2.05) is 30.3 Å². The average Bonchev–Trinajstić information content (AvgIpc) is 3.25. The van der Waals surface area contributed by atoms with Gasteiger partial charge in [0.1, 0.15) is 23.7 Å². The van der Waals surface area contributed by atoms with E-state index in [4.69, 9.17) is 10.5 Å². The quantitative estimate of drug-likeness (QED) is 0.292. The molecule has 4 rings (SSSR count). The van der Waals surface area contributed by atoms with Crippen molar-refractivity contribution in [2.75, 3.05) is 18.1 Å². The van der Waals surface area contributed by atoms with Gasteiger partial charge in [-0.3, -0.25) is 19.3 Å². The molecule has 10 nitrogen and oxygen atoms in total. The molecule has 1 unspecified atom stereocenters. The molecule has 4 N–H and O–H groups in total. The predicted octanol–water partition coefficient (Wildman–Crippen LogP) is 1.57. The molecule has 3 heterocycles. The summed E-state index contributed by atoms with van der Waals surface area (Å²) in [6.45, 7) is 1.00. The lowest BCUT2D eigenvalue weighted by Crippen LogP contribution is -2.70. The van der Waals surface area contributed by atoms with Gasteiger partial charge in [-0.15, -0.1) is 23.1 Å². The van der Waals surface area contributed by atoms with Crippen molar-refractivity contribution in [1.29, 1.82) is 0 Å². The highest BCUT2D eigenvalue weighted by Crippen LogP contribution is 2.40. The number of benzene rings is 1. The topological polar surface area (TPSA) is 152 Å². The Hall–Kier alpha value is -3.64. The molecule has 2 aromatic rings. The molecule has 0 bridgehead atoms. The van der Waals surface area contributed by atoms with Crippen LogP contribution in [0.4, 0.5) is 5.13 Å². The van der Waals surface area contributed by atoms with Crippen LogP contribution in [0.25, 0.3) is 11.6 Å². The molecule has 176 valence electrons. The third-order valence-corrected chi connectivity index (χ3v) is 7.15. The molecule has 1 aromatic heterocycles. The summed E-state index contributed by atoms with van der Waals surface area (Å²) >= 11 is 2.48. The lowest BCUT2D eigenvalue weighted by Gasteiger charge is -2.49. The van der Waals surface area contributed by atoms with Crippen LogP contribution in [0.3, 0.4) is 0 Å². The molecule has 34 heavy (non-hydrogen) atoms. The molecule has 12 heteroatoms. The minimum atomic E-state index is -1.30. The van der Waals surface area contributed by atoms with Crippen molar-refractivity contribution in [3.63, 3.8) is 0 Å². The Kier molecular flexibility index (Phi) is 6.70. The Morgan fingerprint density at radius 1 is 1.32 bits per heavy atom. The van der Waals surface area contributed by atoms with E-state index >= 15 is 0 Å². The third kappa shape index (κ3) is 4.68. The summed E-state index contributed by atoms with van der Waals surface area (Å²) in [5, 5.41) is 13.7. The van der Waals surface area contributed by atoms with Crippen LogP contribution in [0.5, 0.6) is 0 Å². The first kappa shape index (κ1) is 23.5. The first-order chi connectivity index (χ1) is 16.3. The van der Waals surface area contributed by atoms with Gasteiger partial charge in [0.05, 0.1) is 11.3 Å². The normalized spacial score (nSPS) is 19.9. The molecule has 2 amide bonds. The van der Waals surface area contributed by atoms with E-state index in [0.29, 0.717) is 16.4 Å². The molecule has 0 radical (unpaired) electrons. The van der Waals surface area contributed by atoms with E-state index < -0.39 is 35.2 Å². The smallest absolute Gasteiger partial charge is 0.352 e. The van der Waals surface area contributed by atoms with Crippen LogP contribution < -0.4 is 11.1 Å². The van der Waals surface area contributed by atoms with Crippen molar-refractivity contribution in [2.24, 2.45) is 0 Å². The number of aliphatic carboxylic acids is 1. The van der Waals surface area contributed by atoms with E-state index in [2.05, 4.69) is 10.3 Å². The van der Waals surface area contributed by atoms with Gasteiger partial charge in [0.25, 0.3) is 11.8 Å². The zero-order chi connectivity index (χ0) is 24.4. The molecule has 2 aliphatic rings. The number of aromatic nitrogens is 1. The van der Waals surface area contributed by atoms with Crippen molar-refractivity contribution in [3.8, 4) is 0 Å². The highest BCUT2D eigenvalue weighted by atomic mass is 32.2. The number of hydrogen-bond acceptors (Lipinski definition) is 9. The first-order valence-corrected chi connectivity index (χ1v) is 12.0. The fourth-order valence-corrected chi connectivity index (χ4v) is 5.48. The second kappa shape index (κ2) is 9.69. The van der Waals surface area contributed by atoms with Gasteiger partial charge in [0.2, 0.25) is 0 Å². The number of carboxylic acids is 1. The summed E-state index contributed by atoms with van der Waals surface area (Å²) in [7, 11) is 0. The zero-order valence-corrected chi connectivity index (χ0v) is 19.5. The first-order valence-electron chi connectivity index (χ1n) is 10.1. The lowest BCUT2D eigenvalue weighted by atomic mass is 10.0. The van der Waals surface area contributed by atoms with Gasteiger partial charge in [-0.1, -0.05) is 30.3 Å². The number of rotatable bonds is 7. The molecular formula is C22H20N4O6S2. The van der Waals surface area contributed by atoms with Gasteiger partial charge in [-0.2, -0.15) is 0 Å². The number of ether oxygens (including phenoxy) is 1. The molecule has 1 fully saturated rings. The molecular weight excluding hydrogens is 480 g/mol. The van der Waals surface area contributed by atoms with Crippen LogP contribution in [0.15, 0.2) is 47.0 Å². The second-order valence-electron chi connectivity index (χ2n) is 7.44. The number of hydrogen-bond donors (Lipinski definition) is 3. The maximum Gasteiger partial charge on any atom is 0.352 e. The third-order valence-electron chi connectivity index (χ3n) is 5.14. The average molecular weight is 501 g/mol. The number of nitrogens with two attached hydrogens (primary N) is 1. The van der Waals surface area contributed by atoms with Crippen molar-refractivity contribution >= 4 is 63.6 Å². The second-order valence-corrected chi connectivity index (χ2v) is 9.43. The highest BCUT2D eigenvalue weighted by Gasteiger charge is 2.54. The number of thioether (sulfide) groups is 1. The maximum absolute atomic E-state index is 13.2. The minimum absolute atomic E-state index is 0.215. The largest absolute Gasteiger partial charge is 0.477 e. The number of nitrogens with zero attached hydrogens (tertiary/aromatic N) is 2. The summed E-state index contributed by atoms with van der Waals surface area (Å²) in [4.78, 5) is 54.4. The molecule has 0 aliphatic carbocycles. The summed E-state index contributed by atoms with van der Waals surface area (Å²) in [5.74, 6) is -2.69. The van der Waals surface area contributed by atoms with Crippen LogP contribution >= 0.6 is 23.1 Å². The number of nitrogen functional groups attached to an aromatic ring is 1. The zero-order valence-electron chi connectivity index (χ0n) is 17.9. The fourth-order valence-electron chi connectivity index (χ4n) is 3.59.